The fourth-order valence-electron chi connectivity index (χ4n) is 4.90. The normalized spacial score (nSPS) is 15.0. The number of furan rings is 1. The Morgan fingerprint density at radius 1 is 1.02 bits per heavy atom. The van der Waals surface area contributed by atoms with E-state index in [1.54, 1.807) is 61.7 Å². The van der Waals surface area contributed by atoms with Gasteiger partial charge in [-0.2, -0.15) is 0 Å². The summed E-state index contributed by atoms with van der Waals surface area (Å²) in [5.41, 5.74) is 3.66. The second kappa shape index (κ2) is 12.2. The highest BCUT2D eigenvalue weighted by Crippen LogP contribution is 2.31. The van der Waals surface area contributed by atoms with E-state index in [-0.39, 0.29) is 18.8 Å². The first-order valence-corrected chi connectivity index (χ1v) is 14.7. The highest BCUT2D eigenvalue weighted by molar-refractivity contribution is 7.07. The van der Waals surface area contributed by atoms with Gasteiger partial charge in [-0.15, -0.1) is 0 Å². The number of hydrogen-bond donors (Lipinski definition) is 0. The van der Waals surface area contributed by atoms with Gasteiger partial charge in [-0.25, -0.2) is 14.6 Å². The third-order valence-corrected chi connectivity index (χ3v) is 7.98. The van der Waals surface area contributed by atoms with Gasteiger partial charge < -0.3 is 13.9 Å². The van der Waals surface area contributed by atoms with Crippen molar-refractivity contribution in [3.8, 4) is 11.3 Å². The molecule has 0 spiro atoms. The molecule has 0 saturated carbocycles. The highest BCUT2D eigenvalue weighted by Gasteiger charge is 2.33. The predicted molar refractivity (Wildman–Crippen MR) is 161 cm³/mol. The van der Waals surface area contributed by atoms with Crippen molar-refractivity contribution in [2.24, 2.45) is 4.99 Å². The van der Waals surface area contributed by atoms with E-state index < -0.39 is 18.0 Å². The summed E-state index contributed by atoms with van der Waals surface area (Å²) in [7, 11) is 0. The maximum atomic E-state index is 13.9. The lowest BCUT2D eigenvalue weighted by molar-refractivity contribution is -0.139. The summed E-state index contributed by atoms with van der Waals surface area (Å²) >= 11 is 1.23. The maximum Gasteiger partial charge on any atom is 0.338 e. The molecule has 42 heavy (non-hydrogen) atoms. The van der Waals surface area contributed by atoms with Gasteiger partial charge in [0.05, 0.1) is 40.6 Å². The van der Waals surface area contributed by atoms with Crippen LogP contribution < -0.4 is 14.9 Å². The molecule has 3 heterocycles. The van der Waals surface area contributed by atoms with Gasteiger partial charge in [-0.1, -0.05) is 61.6 Å². The molecule has 0 radical (unpaired) electrons. The molecule has 1 aliphatic heterocycles. The predicted octanol–water partition coefficient (Wildman–Crippen LogP) is 5.36. The van der Waals surface area contributed by atoms with Crippen molar-refractivity contribution in [1.82, 2.24) is 4.57 Å². The summed E-state index contributed by atoms with van der Waals surface area (Å²) < 4.78 is 18.5. The fraction of sp³-hybridized carbons (Fsp3) is 0.273. The van der Waals surface area contributed by atoms with Gasteiger partial charge in [0.1, 0.15) is 11.5 Å². The van der Waals surface area contributed by atoms with Crippen LogP contribution in [0.4, 0.5) is 0 Å². The van der Waals surface area contributed by atoms with Gasteiger partial charge in [0.2, 0.25) is 0 Å². The number of carbonyl (C=O) groups is 2. The molecule has 0 bridgehead atoms. The summed E-state index contributed by atoms with van der Waals surface area (Å²) in [6.45, 7) is 10.0. The minimum absolute atomic E-state index is 0.211. The van der Waals surface area contributed by atoms with E-state index in [1.807, 2.05) is 30.3 Å². The van der Waals surface area contributed by atoms with Crippen LogP contribution in [0.5, 0.6) is 0 Å². The number of ether oxygens (including phenoxy) is 2. The fourth-order valence-corrected chi connectivity index (χ4v) is 5.93. The average molecular weight is 585 g/mol. The molecule has 4 aromatic rings. The van der Waals surface area contributed by atoms with E-state index >= 15 is 0 Å². The maximum absolute atomic E-state index is 13.9. The molecule has 0 fully saturated rings. The Labute approximate surface area is 247 Å². The van der Waals surface area contributed by atoms with Crippen LogP contribution in [0.3, 0.4) is 0 Å². The number of fused-ring (bicyclic) bond motifs is 1. The Hall–Kier alpha value is -4.50. The third-order valence-electron chi connectivity index (χ3n) is 6.99. The summed E-state index contributed by atoms with van der Waals surface area (Å²) in [6, 6.07) is 17.8. The minimum Gasteiger partial charge on any atom is -0.463 e. The summed E-state index contributed by atoms with van der Waals surface area (Å²) in [6.07, 6.45) is 1.67. The van der Waals surface area contributed by atoms with Crippen LogP contribution in [0.15, 0.2) is 86.1 Å². The van der Waals surface area contributed by atoms with E-state index in [9.17, 15) is 14.4 Å². The summed E-state index contributed by atoms with van der Waals surface area (Å²) in [5, 5.41) is 0. The third kappa shape index (κ3) is 5.65. The first-order chi connectivity index (χ1) is 20.2. The van der Waals surface area contributed by atoms with Crippen LogP contribution >= 0.6 is 11.3 Å². The SMILES string of the molecule is CCOC(=O)C1=C(C)N=c2s/c(=C\c3ccc(-c4cccc(C(=O)OCC)c4)o3)c(=O)n2C1c1ccc(C(C)C)cc1. The lowest BCUT2D eigenvalue weighted by Gasteiger charge is -2.25. The van der Waals surface area contributed by atoms with Crippen molar-refractivity contribution < 1.29 is 23.5 Å². The van der Waals surface area contributed by atoms with Crippen LogP contribution in [0.2, 0.25) is 0 Å². The molecule has 1 atom stereocenters. The molecular formula is C33H32N2O6S. The summed E-state index contributed by atoms with van der Waals surface area (Å²) in [5.74, 6) is 0.457. The zero-order valence-electron chi connectivity index (χ0n) is 24.2. The Kier molecular flexibility index (Phi) is 8.40. The first-order valence-electron chi connectivity index (χ1n) is 13.9. The van der Waals surface area contributed by atoms with Crippen LogP contribution in [0.25, 0.3) is 17.4 Å². The van der Waals surface area contributed by atoms with Gasteiger partial charge in [0.15, 0.2) is 4.80 Å². The van der Waals surface area contributed by atoms with Gasteiger partial charge in [0.25, 0.3) is 5.56 Å². The topological polar surface area (TPSA) is 100 Å². The largest absolute Gasteiger partial charge is 0.463 e. The molecule has 2 aromatic carbocycles. The minimum atomic E-state index is -0.679. The lowest BCUT2D eigenvalue weighted by atomic mass is 9.93. The quantitative estimate of drug-likeness (QED) is 0.259. The lowest BCUT2D eigenvalue weighted by Crippen LogP contribution is -2.39. The van der Waals surface area contributed by atoms with Crippen molar-refractivity contribution in [1.29, 1.82) is 0 Å². The van der Waals surface area contributed by atoms with Crippen LogP contribution in [-0.4, -0.2) is 29.7 Å². The van der Waals surface area contributed by atoms with Gasteiger partial charge in [0, 0.05) is 11.6 Å². The van der Waals surface area contributed by atoms with Crippen molar-refractivity contribution in [2.45, 2.75) is 46.6 Å². The monoisotopic (exact) mass is 584 g/mol. The zero-order valence-corrected chi connectivity index (χ0v) is 25.0. The van der Waals surface area contributed by atoms with E-state index in [0.29, 0.717) is 49.2 Å². The smallest absolute Gasteiger partial charge is 0.338 e. The molecule has 0 N–H and O–H groups in total. The number of thiazole rings is 1. The number of rotatable bonds is 8. The van der Waals surface area contributed by atoms with Crippen molar-refractivity contribution in [3.63, 3.8) is 0 Å². The van der Waals surface area contributed by atoms with Crippen molar-refractivity contribution >= 4 is 29.4 Å². The van der Waals surface area contributed by atoms with Crippen LogP contribution in [-0.2, 0) is 14.3 Å². The van der Waals surface area contributed by atoms with Gasteiger partial charge in [-0.05, 0) is 62.1 Å². The number of benzene rings is 2. The standard InChI is InChI=1S/C33H32N2O6S/c1-6-39-31(37)24-10-8-9-23(17-24)26-16-15-25(41-26)18-27-30(36)35-29(22-13-11-21(12-14-22)19(3)4)28(32(38)40-7-2)20(5)34-33(35)42-27/h8-19,29H,6-7H2,1-5H3/b27-18-. The molecule has 0 aliphatic carbocycles. The van der Waals surface area contributed by atoms with E-state index in [2.05, 4.69) is 18.8 Å². The Bertz CT molecular complexity index is 1860. The second-order valence-electron chi connectivity index (χ2n) is 10.1. The number of aromatic nitrogens is 1. The molecule has 9 heteroatoms. The zero-order chi connectivity index (χ0) is 30.0. The molecule has 216 valence electrons. The number of carbonyl (C=O) groups excluding carboxylic acids is 2. The van der Waals surface area contributed by atoms with E-state index in [0.717, 1.165) is 11.1 Å². The first kappa shape index (κ1) is 29.0. The van der Waals surface area contributed by atoms with Crippen LogP contribution in [0.1, 0.15) is 73.8 Å². The van der Waals surface area contributed by atoms with E-state index in [4.69, 9.17) is 13.9 Å². The molecule has 8 nitrogen and oxygen atoms in total. The molecular weight excluding hydrogens is 552 g/mol. The molecule has 5 rings (SSSR count). The number of hydrogen-bond acceptors (Lipinski definition) is 8. The molecule has 2 aromatic heterocycles. The van der Waals surface area contributed by atoms with Crippen molar-refractivity contribution in [3.05, 3.63) is 114 Å². The average Bonchev–Trinajstić information content (AvgIpc) is 3.57. The molecule has 0 amide bonds. The summed E-state index contributed by atoms with van der Waals surface area (Å²) in [4.78, 5) is 44.3. The Morgan fingerprint density at radius 2 is 1.74 bits per heavy atom. The second-order valence-corrected chi connectivity index (χ2v) is 11.1. The number of nitrogens with zero attached hydrogens (tertiary/aromatic N) is 2. The molecule has 0 saturated heterocycles. The van der Waals surface area contributed by atoms with E-state index in [1.165, 1.54) is 11.3 Å². The molecule has 1 unspecified atom stereocenters. The number of allylic oxidation sites excluding steroid dienone is 1. The highest BCUT2D eigenvalue weighted by atomic mass is 32.1. The van der Waals surface area contributed by atoms with Crippen LogP contribution in [0, 0.1) is 0 Å². The Morgan fingerprint density at radius 3 is 2.43 bits per heavy atom. The molecule has 1 aliphatic rings. The number of esters is 2. The van der Waals surface area contributed by atoms with Gasteiger partial charge >= 0.3 is 11.9 Å². The Balaban J connectivity index is 1.57. The van der Waals surface area contributed by atoms with Gasteiger partial charge in [-0.3, -0.25) is 9.36 Å². The van der Waals surface area contributed by atoms with Crippen molar-refractivity contribution in [2.75, 3.05) is 13.2 Å².